The van der Waals surface area contributed by atoms with Crippen molar-refractivity contribution in [1.29, 1.82) is 0 Å². The molecule has 0 unspecified atom stereocenters. The van der Waals surface area contributed by atoms with Crippen LogP contribution in [0.4, 0.5) is 0 Å². The molecule has 0 saturated heterocycles. The van der Waals surface area contributed by atoms with Gasteiger partial charge in [0.25, 0.3) is 0 Å². The lowest BCUT2D eigenvalue weighted by molar-refractivity contribution is 0.317. The van der Waals surface area contributed by atoms with E-state index >= 15 is 0 Å². The molecule has 4 nitrogen and oxygen atoms in total. The van der Waals surface area contributed by atoms with Gasteiger partial charge < -0.3 is 9.52 Å². The van der Waals surface area contributed by atoms with Crippen LogP contribution in [0.25, 0.3) is 0 Å². The van der Waals surface area contributed by atoms with Crippen LogP contribution < -0.4 is 5.76 Å². The number of rotatable bonds is 4. The molecule has 0 atom stereocenters. The first kappa shape index (κ1) is 11.2. The van der Waals surface area contributed by atoms with Crippen molar-refractivity contribution in [3.63, 3.8) is 0 Å². The number of benzene rings is 1. The van der Waals surface area contributed by atoms with E-state index in [1.165, 1.54) is 10.8 Å². The number of oxazole rings is 1. The number of aromatic amines is 1. The Balaban J connectivity index is 1.89. The number of H-pyrrole nitrogens is 1. The third-order valence-electron chi connectivity index (χ3n) is 1.80. The molecule has 0 radical (unpaired) electrons. The van der Waals surface area contributed by atoms with Crippen molar-refractivity contribution in [3.05, 3.63) is 46.6 Å². The van der Waals surface area contributed by atoms with E-state index in [0.717, 1.165) is 4.90 Å². The van der Waals surface area contributed by atoms with E-state index < -0.39 is 5.76 Å². The monoisotopic (exact) mass is 255 g/mol. The van der Waals surface area contributed by atoms with E-state index in [-0.39, 0.29) is 5.95 Å². The summed E-state index contributed by atoms with van der Waals surface area (Å²) in [4.78, 5) is 14.3. The van der Waals surface area contributed by atoms with Crippen LogP contribution in [-0.2, 0) is 5.75 Å². The Morgan fingerprint density at radius 1 is 1.31 bits per heavy atom. The zero-order valence-corrected chi connectivity index (χ0v) is 9.81. The molecule has 2 aromatic rings. The van der Waals surface area contributed by atoms with Crippen molar-refractivity contribution in [2.75, 3.05) is 0 Å². The molecule has 0 aliphatic rings. The molecule has 16 heavy (non-hydrogen) atoms. The molecular weight excluding hydrogens is 246 g/mol. The Labute approximate surface area is 99.5 Å². The number of aromatic hydroxyl groups is 1. The van der Waals surface area contributed by atoms with Crippen molar-refractivity contribution < 1.29 is 9.52 Å². The molecule has 2 N–H and O–H groups in total. The normalized spacial score (nSPS) is 10.5. The predicted octanol–water partition coefficient (Wildman–Crippen LogP) is 2.61. The van der Waals surface area contributed by atoms with Crippen LogP contribution in [0.2, 0.25) is 0 Å². The summed E-state index contributed by atoms with van der Waals surface area (Å²) in [5.74, 6) is -0.471. The van der Waals surface area contributed by atoms with Gasteiger partial charge in [-0.05, 0) is 12.1 Å². The van der Waals surface area contributed by atoms with Gasteiger partial charge in [-0.25, -0.2) is 4.79 Å². The highest BCUT2D eigenvalue weighted by Crippen LogP contribution is 2.34. The van der Waals surface area contributed by atoms with Crippen LogP contribution in [0.1, 0.15) is 5.69 Å². The first-order valence-electron chi connectivity index (χ1n) is 4.51. The minimum absolute atomic E-state index is 0.328. The van der Waals surface area contributed by atoms with Crippen LogP contribution >= 0.6 is 21.6 Å². The van der Waals surface area contributed by atoms with Crippen molar-refractivity contribution >= 4 is 21.6 Å². The van der Waals surface area contributed by atoms with Gasteiger partial charge in [-0.3, -0.25) is 4.98 Å². The Hall–Kier alpha value is -1.27. The maximum atomic E-state index is 10.7. The maximum absolute atomic E-state index is 10.7. The van der Waals surface area contributed by atoms with Crippen LogP contribution in [0, 0.1) is 0 Å². The van der Waals surface area contributed by atoms with Crippen LogP contribution in [0.5, 0.6) is 5.95 Å². The minimum Gasteiger partial charge on any atom is -0.479 e. The number of aromatic nitrogens is 1. The van der Waals surface area contributed by atoms with Gasteiger partial charge in [-0.1, -0.05) is 39.8 Å². The fourth-order valence-corrected chi connectivity index (χ4v) is 3.13. The molecule has 0 saturated carbocycles. The van der Waals surface area contributed by atoms with Crippen molar-refractivity contribution in [2.24, 2.45) is 0 Å². The van der Waals surface area contributed by atoms with E-state index in [2.05, 4.69) is 9.40 Å². The molecule has 0 aliphatic carbocycles. The first-order valence-corrected chi connectivity index (χ1v) is 6.83. The summed E-state index contributed by atoms with van der Waals surface area (Å²) in [6, 6.07) is 9.86. The van der Waals surface area contributed by atoms with Crippen molar-refractivity contribution in [1.82, 2.24) is 4.98 Å². The SMILES string of the molecule is O=c1[nH]c(CSSc2ccccc2)c(O)o1. The first-order chi connectivity index (χ1) is 7.75. The molecule has 0 bridgehead atoms. The van der Waals surface area contributed by atoms with Gasteiger partial charge >= 0.3 is 11.7 Å². The highest BCUT2D eigenvalue weighted by molar-refractivity contribution is 8.76. The Morgan fingerprint density at radius 3 is 2.69 bits per heavy atom. The van der Waals surface area contributed by atoms with Gasteiger partial charge in [0.1, 0.15) is 5.69 Å². The Kier molecular flexibility index (Phi) is 3.63. The van der Waals surface area contributed by atoms with Crippen LogP contribution in [0.3, 0.4) is 0 Å². The third kappa shape index (κ3) is 2.86. The summed E-state index contributed by atoms with van der Waals surface area (Å²) in [5.41, 5.74) is 0.415. The third-order valence-corrected chi connectivity index (χ3v) is 4.08. The smallest absolute Gasteiger partial charge is 0.419 e. The topological polar surface area (TPSA) is 66.2 Å². The average molecular weight is 255 g/mol. The van der Waals surface area contributed by atoms with Gasteiger partial charge in [-0.2, -0.15) is 0 Å². The fourth-order valence-electron chi connectivity index (χ4n) is 1.08. The number of hydrogen-bond donors (Lipinski definition) is 2. The molecule has 1 heterocycles. The molecule has 0 fully saturated rings. The van der Waals surface area contributed by atoms with Crippen LogP contribution in [-0.4, -0.2) is 10.1 Å². The van der Waals surface area contributed by atoms with Crippen molar-refractivity contribution in [3.8, 4) is 5.95 Å². The van der Waals surface area contributed by atoms with Crippen LogP contribution in [0.15, 0.2) is 44.4 Å². The lowest BCUT2D eigenvalue weighted by atomic mass is 10.4. The molecule has 84 valence electrons. The van der Waals surface area contributed by atoms with Gasteiger partial charge in [0, 0.05) is 4.90 Å². The lowest BCUT2D eigenvalue weighted by Gasteiger charge is -1.98. The fraction of sp³-hybridized carbons (Fsp3) is 0.100. The molecular formula is C10H9NO3S2. The molecule has 0 amide bonds. The maximum Gasteiger partial charge on any atom is 0.419 e. The second-order valence-electron chi connectivity index (χ2n) is 2.96. The predicted molar refractivity (Wildman–Crippen MR) is 64.6 cm³/mol. The summed E-state index contributed by atoms with van der Waals surface area (Å²) in [6.07, 6.45) is 0. The van der Waals surface area contributed by atoms with E-state index in [4.69, 9.17) is 0 Å². The van der Waals surface area contributed by atoms with Gasteiger partial charge in [0.2, 0.25) is 0 Å². The summed E-state index contributed by atoms with van der Waals surface area (Å²) >= 11 is 0. The van der Waals surface area contributed by atoms with Gasteiger partial charge in [0.05, 0.1) is 5.75 Å². The summed E-state index contributed by atoms with van der Waals surface area (Å²) in [5, 5.41) is 9.21. The second kappa shape index (κ2) is 5.18. The highest BCUT2D eigenvalue weighted by atomic mass is 33.1. The summed E-state index contributed by atoms with van der Waals surface area (Å²) < 4.78 is 4.44. The standard InChI is InChI=1S/C10H9NO3S2/c12-9-8(11-10(13)14-9)6-15-16-7-4-2-1-3-5-7/h1-5,12H,6H2,(H,11,13). The Morgan fingerprint density at radius 2 is 2.06 bits per heavy atom. The van der Waals surface area contributed by atoms with Gasteiger partial charge in [-0.15, -0.1) is 0 Å². The number of hydrogen-bond acceptors (Lipinski definition) is 5. The molecule has 1 aromatic heterocycles. The Bertz CT molecular complexity index is 506. The van der Waals surface area contributed by atoms with E-state index in [9.17, 15) is 9.90 Å². The second-order valence-corrected chi connectivity index (χ2v) is 5.33. The van der Waals surface area contributed by atoms with Gasteiger partial charge in [0.15, 0.2) is 0 Å². The molecule has 1 aromatic carbocycles. The highest BCUT2D eigenvalue weighted by Gasteiger charge is 2.08. The largest absolute Gasteiger partial charge is 0.479 e. The van der Waals surface area contributed by atoms with E-state index in [0.29, 0.717) is 11.4 Å². The van der Waals surface area contributed by atoms with E-state index in [1.807, 2.05) is 30.3 Å². The van der Waals surface area contributed by atoms with Crippen molar-refractivity contribution in [2.45, 2.75) is 10.6 Å². The molecule has 6 heteroatoms. The molecule has 0 spiro atoms. The lowest BCUT2D eigenvalue weighted by Crippen LogP contribution is -1.95. The molecule has 2 rings (SSSR count). The average Bonchev–Trinajstić information content (AvgIpc) is 2.59. The number of nitrogens with one attached hydrogen (secondary N) is 1. The zero-order valence-electron chi connectivity index (χ0n) is 8.17. The van der Waals surface area contributed by atoms with E-state index in [1.54, 1.807) is 10.8 Å². The minimum atomic E-state index is -0.627. The zero-order chi connectivity index (χ0) is 11.4. The summed E-state index contributed by atoms with van der Waals surface area (Å²) in [7, 11) is 3.09. The summed E-state index contributed by atoms with van der Waals surface area (Å²) in [6.45, 7) is 0. The molecule has 0 aliphatic heterocycles. The quantitative estimate of drug-likeness (QED) is 0.822.